The number of cyclic esters (lactones) is 1. The van der Waals surface area contributed by atoms with E-state index in [0.29, 0.717) is 13.0 Å². The Morgan fingerprint density at radius 3 is 2.40 bits per heavy atom. The molecule has 0 amide bonds. The molecule has 86 valence electrons. The first-order valence-electron chi connectivity index (χ1n) is 5.17. The molecule has 1 aliphatic heterocycles. The highest BCUT2D eigenvalue weighted by atomic mass is 31.2. The first-order chi connectivity index (χ1) is 7.10. The monoisotopic (exact) mass is 234 g/mol. The number of esters is 1. The second-order valence-electron chi connectivity index (χ2n) is 3.76. The summed E-state index contributed by atoms with van der Waals surface area (Å²) in [6.07, 6.45) is 0.573. The summed E-state index contributed by atoms with van der Waals surface area (Å²) in [5, 5.41) is -0.973. The van der Waals surface area contributed by atoms with Crippen LogP contribution in [0.15, 0.2) is 0 Å². The molecule has 0 spiro atoms. The highest BCUT2D eigenvalue weighted by Gasteiger charge is 2.77. The van der Waals surface area contributed by atoms with Crippen molar-refractivity contribution < 1.29 is 23.1 Å². The van der Waals surface area contributed by atoms with Crippen LogP contribution in [0.4, 0.5) is 0 Å². The SMILES string of the molecule is CCOP(=O)(OCC)[C@@]12C[C@@H]1COC2=O. The largest absolute Gasteiger partial charge is 0.464 e. The highest BCUT2D eigenvalue weighted by molar-refractivity contribution is 7.57. The quantitative estimate of drug-likeness (QED) is 0.533. The molecule has 2 aliphatic rings. The Balaban J connectivity index is 2.26. The molecule has 2 atom stereocenters. The van der Waals surface area contributed by atoms with Crippen LogP contribution in [0.1, 0.15) is 20.3 Å². The van der Waals surface area contributed by atoms with E-state index in [4.69, 9.17) is 13.8 Å². The van der Waals surface area contributed by atoms with Crippen LogP contribution in [0.3, 0.4) is 0 Å². The van der Waals surface area contributed by atoms with E-state index in [9.17, 15) is 9.36 Å². The molecule has 1 saturated heterocycles. The Morgan fingerprint density at radius 1 is 1.47 bits per heavy atom. The van der Waals surface area contributed by atoms with E-state index in [1.165, 1.54) is 0 Å². The second kappa shape index (κ2) is 3.58. The van der Waals surface area contributed by atoms with Crippen LogP contribution < -0.4 is 0 Å². The molecule has 6 heteroatoms. The summed E-state index contributed by atoms with van der Waals surface area (Å²) in [5.74, 6) is -0.397. The van der Waals surface area contributed by atoms with E-state index in [2.05, 4.69) is 0 Å². The maximum atomic E-state index is 12.4. The molecule has 1 aliphatic carbocycles. The Bertz CT molecular complexity index is 318. The third kappa shape index (κ3) is 1.37. The Kier molecular flexibility index (Phi) is 2.65. The van der Waals surface area contributed by atoms with E-state index in [1.54, 1.807) is 13.8 Å². The number of ether oxygens (including phenoxy) is 1. The first-order valence-corrected chi connectivity index (χ1v) is 6.71. The summed E-state index contributed by atoms with van der Waals surface area (Å²) in [4.78, 5) is 11.6. The van der Waals surface area contributed by atoms with Crippen molar-refractivity contribution in [2.24, 2.45) is 5.92 Å². The molecule has 1 saturated carbocycles. The summed E-state index contributed by atoms with van der Waals surface area (Å²) in [6, 6.07) is 0. The lowest BCUT2D eigenvalue weighted by Gasteiger charge is -2.22. The van der Waals surface area contributed by atoms with Gasteiger partial charge in [-0.3, -0.25) is 9.36 Å². The Labute approximate surface area is 88.6 Å². The molecule has 0 aromatic carbocycles. The highest BCUT2D eigenvalue weighted by Crippen LogP contribution is 2.76. The molecule has 5 nitrogen and oxygen atoms in total. The third-order valence-corrected chi connectivity index (χ3v) is 5.83. The van der Waals surface area contributed by atoms with Crippen molar-refractivity contribution in [3.05, 3.63) is 0 Å². The maximum Gasteiger partial charge on any atom is 0.348 e. The lowest BCUT2D eigenvalue weighted by molar-refractivity contribution is -0.140. The van der Waals surface area contributed by atoms with Gasteiger partial charge in [-0.1, -0.05) is 0 Å². The summed E-state index contributed by atoms with van der Waals surface area (Å²) in [5.41, 5.74) is 0. The predicted octanol–water partition coefficient (Wildman–Crippen LogP) is 1.57. The Hall–Kier alpha value is -0.380. The number of rotatable bonds is 5. The molecule has 0 N–H and O–H groups in total. The van der Waals surface area contributed by atoms with Crippen molar-refractivity contribution in [1.82, 2.24) is 0 Å². The average Bonchev–Trinajstić information content (AvgIpc) is 2.84. The van der Waals surface area contributed by atoms with Gasteiger partial charge >= 0.3 is 13.6 Å². The van der Waals surface area contributed by atoms with Crippen molar-refractivity contribution in [3.63, 3.8) is 0 Å². The molecule has 0 radical (unpaired) electrons. The molecular weight excluding hydrogens is 219 g/mol. The zero-order valence-corrected chi connectivity index (χ0v) is 9.79. The summed E-state index contributed by atoms with van der Waals surface area (Å²) in [7, 11) is -3.34. The second-order valence-corrected chi connectivity index (χ2v) is 6.07. The number of carbonyl (C=O) groups excluding carboxylic acids is 1. The molecular formula is C9H15O5P. The van der Waals surface area contributed by atoms with Crippen molar-refractivity contribution in [2.45, 2.75) is 25.4 Å². The minimum absolute atomic E-state index is 0.0222. The molecule has 15 heavy (non-hydrogen) atoms. The lowest BCUT2D eigenvalue weighted by atomic mass is 10.4. The zero-order chi connectivity index (χ0) is 11.1. The lowest BCUT2D eigenvalue weighted by Crippen LogP contribution is -2.24. The van der Waals surface area contributed by atoms with Crippen LogP contribution in [-0.4, -0.2) is 30.9 Å². The normalized spacial score (nSPS) is 33.7. The number of fused-ring (bicyclic) bond motifs is 1. The van der Waals surface area contributed by atoms with Gasteiger partial charge in [-0.15, -0.1) is 0 Å². The molecule has 0 bridgehead atoms. The van der Waals surface area contributed by atoms with Gasteiger partial charge < -0.3 is 13.8 Å². The number of carbonyl (C=O) groups is 1. The molecule has 1 heterocycles. The van der Waals surface area contributed by atoms with Gasteiger partial charge in [0.25, 0.3) is 0 Å². The average molecular weight is 234 g/mol. The Morgan fingerprint density at radius 2 is 2.07 bits per heavy atom. The predicted molar refractivity (Wildman–Crippen MR) is 52.7 cm³/mol. The van der Waals surface area contributed by atoms with Gasteiger partial charge in [0.2, 0.25) is 0 Å². The van der Waals surface area contributed by atoms with Crippen molar-refractivity contribution in [1.29, 1.82) is 0 Å². The van der Waals surface area contributed by atoms with Crippen molar-refractivity contribution >= 4 is 13.6 Å². The fourth-order valence-electron chi connectivity index (χ4n) is 2.12. The van der Waals surface area contributed by atoms with E-state index in [-0.39, 0.29) is 19.1 Å². The van der Waals surface area contributed by atoms with Crippen LogP contribution in [0.25, 0.3) is 0 Å². The zero-order valence-electron chi connectivity index (χ0n) is 8.89. The number of hydrogen-bond donors (Lipinski definition) is 0. The minimum atomic E-state index is -3.34. The topological polar surface area (TPSA) is 61.8 Å². The fraction of sp³-hybridized carbons (Fsp3) is 0.889. The van der Waals surface area contributed by atoms with Crippen LogP contribution in [0.2, 0.25) is 0 Å². The van der Waals surface area contributed by atoms with Gasteiger partial charge in [0, 0.05) is 5.92 Å². The van der Waals surface area contributed by atoms with E-state index in [1.807, 2.05) is 0 Å². The van der Waals surface area contributed by atoms with E-state index < -0.39 is 18.7 Å². The molecule has 0 aromatic rings. The fourth-order valence-corrected chi connectivity index (χ4v) is 4.59. The summed E-state index contributed by atoms with van der Waals surface area (Å²) < 4.78 is 27.7. The van der Waals surface area contributed by atoms with Crippen LogP contribution >= 0.6 is 7.60 Å². The van der Waals surface area contributed by atoms with E-state index >= 15 is 0 Å². The first kappa shape index (κ1) is 11.1. The minimum Gasteiger partial charge on any atom is -0.464 e. The summed E-state index contributed by atoms with van der Waals surface area (Å²) in [6.45, 7) is 4.38. The van der Waals surface area contributed by atoms with E-state index in [0.717, 1.165) is 0 Å². The van der Waals surface area contributed by atoms with Crippen LogP contribution in [0.5, 0.6) is 0 Å². The smallest absolute Gasteiger partial charge is 0.348 e. The van der Waals surface area contributed by atoms with Gasteiger partial charge in [-0.2, -0.15) is 0 Å². The molecule has 2 rings (SSSR count). The van der Waals surface area contributed by atoms with Gasteiger partial charge in [0.1, 0.15) is 0 Å². The van der Waals surface area contributed by atoms with Crippen molar-refractivity contribution in [3.8, 4) is 0 Å². The number of hydrogen-bond acceptors (Lipinski definition) is 5. The van der Waals surface area contributed by atoms with Crippen molar-refractivity contribution in [2.75, 3.05) is 19.8 Å². The van der Waals surface area contributed by atoms with Crippen LogP contribution in [-0.2, 0) is 23.1 Å². The third-order valence-electron chi connectivity index (χ3n) is 2.93. The molecule has 0 unspecified atom stereocenters. The van der Waals surface area contributed by atoms with Gasteiger partial charge in [-0.25, -0.2) is 0 Å². The maximum absolute atomic E-state index is 12.4. The standard InChI is InChI=1S/C9H15O5P/c1-3-13-15(11,14-4-2)9-5-7(9)6-12-8(9)10/h7H,3-6H2,1-2H3/t7-,9+/m1/s1. The molecule has 2 fully saturated rings. The van der Waals surface area contributed by atoms with Gasteiger partial charge in [0.15, 0.2) is 5.16 Å². The van der Waals surface area contributed by atoms with Gasteiger partial charge in [-0.05, 0) is 20.3 Å². The van der Waals surface area contributed by atoms with Gasteiger partial charge in [0.05, 0.1) is 19.8 Å². The van der Waals surface area contributed by atoms with Crippen LogP contribution in [0, 0.1) is 5.92 Å². The summed E-state index contributed by atoms with van der Waals surface area (Å²) >= 11 is 0. The molecule has 0 aromatic heterocycles.